The smallest absolute Gasteiger partial charge is 0.239 e. The van der Waals surface area contributed by atoms with Gasteiger partial charge in [-0.1, -0.05) is 60.7 Å². The number of Topliss-reactive ketones (excluding diaryl/α,β-unsaturated/α-hetero) is 1. The summed E-state index contributed by atoms with van der Waals surface area (Å²) in [5, 5.41) is 7.01. The zero-order valence-electron chi connectivity index (χ0n) is 22.2. The lowest BCUT2D eigenvalue weighted by Crippen LogP contribution is -2.51. The fraction of sp³-hybridized carbons (Fsp3) is 0.296. The van der Waals surface area contributed by atoms with Crippen molar-refractivity contribution in [1.29, 1.82) is 0 Å². The first-order valence-electron chi connectivity index (χ1n) is 12.8. The van der Waals surface area contributed by atoms with E-state index in [-0.39, 0.29) is 41.9 Å². The number of carbonyl (C=O) groups is 3. The molecule has 0 spiro atoms. The third-order valence-electron chi connectivity index (χ3n) is 5.78. The van der Waals surface area contributed by atoms with Crippen molar-refractivity contribution >= 4 is 44.9 Å². The summed E-state index contributed by atoms with van der Waals surface area (Å²) < 4.78 is 28.3. The molecule has 14 heteroatoms. The van der Waals surface area contributed by atoms with E-state index in [0.717, 1.165) is 16.9 Å². The number of aromatic nitrogens is 1. The van der Waals surface area contributed by atoms with Crippen LogP contribution in [0, 0.1) is 0 Å². The number of carbonyl (C=O) groups excluding carboxylic acids is 3. The Balaban J connectivity index is 1.65. The lowest BCUT2D eigenvalue weighted by molar-refractivity contribution is -0.127. The van der Waals surface area contributed by atoms with Gasteiger partial charge >= 0.3 is 0 Å². The molecule has 3 aromatic rings. The SMILES string of the molecule is NC(N)=NCCC[C@H](NC(=O)CNC(=O)[C@@H](Cc1ccccc1)NS(=O)(=O)Cc1ccccc1)C(=O)c1nccs1. The van der Waals surface area contributed by atoms with Gasteiger partial charge in [-0.05, 0) is 30.4 Å². The standard InChI is InChI=1S/C27H33N7O5S2/c28-27(29)31-13-7-12-21(24(36)26-30-14-15-40-26)33-23(35)17-32-25(37)22(16-19-8-3-1-4-9-19)34-41(38,39)18-20-10-5-2-6-11-20/h1-6,8-11,14-15,21-22,34H,7,12-13,16-18H2,(H,32,37)(H,33,35)(H4,28,29,31)/t21-,22+/m0/s1. The topological polar surface area (TPSA) is 199 Å². The zero-order chi connectivity index (χ0) is 29.7. The summed E-state index contributed by atoms with van der Waals surface area (Å²) in [5.41, 5.74) is 12.0. The van der Waals surface area contributed by atoms with Crippen molar-refractivity contribution in [1.82, 2.24) is 20.3 Å². The van der Waals surface area contributed by atoms with E-state index in [4.69, 9.17) is 11.5 Å². The van der Waals surface area contributed by atoms with E-state index in [0.29, 0.717) is 12.0 Å². The van der Waals surface area contributed by atoms with E-state index in [1.807, 2.05) is 6.07 Å². The van der Waals surface area contributed by atoms with Gasteiger partial charge in [0.05, 0.1) is 18.3 Å². The van der Waals surface area contributed by atoms with Crippen LogP contribution in [0.5, 0.6) is 0 Å². The fourth-order valence-electron chi connectivity index (χ4n) is 3.89. The highest BCUT2D eigenvalue weighted by Crippen LogP contribution is 2.12. The molecule has 2 aromatic carbocycles. The first-order valence-corrected chi connectivity index (χ1v) is 15.3. The number of ketones is 1. The molecule has 1 aromatic heterocycles. The molecule has 2 amide bonds. The molecule has 218 valence electrons. The normalized spacial score (nSPS) is 12.6. The Morgan fingerprint density at radius 1 is 0.951 bits per heavy atom. The number of hydrogen-bond donors (Lipinski definition) is 5. The predicted octanol–water partition coefficient (Wildman–Crippen LogP) is 0.711. The van der Waals surface area contributed by atoms with Crippen molar-refractivity contribution in [3.63, 3.8) is 0 Å². The van der Waals surface area contributed by atoms with Crippen molar-refractivity contribution < 1.29 is 22.8 Å². The number of nitrogens with two attached hydrogens (primary N) is 2. The molecule has 0 saturated heterocycles. The van der Waals surface area contributed by atoms with Gasteiger partial charge in [0.15, 0.2) is 11.0 Å². The Kier molecular flexibility index (Phi) is 11.9. The van der Waals surface area contributed by atoms with Gasteiger partial charge in [-0.3, -0.25) is 19.4 Å². The molecular weight excluding hydrogens is 566 g/mol. The molecule has 0 aliphatic carbocycles. The highest BCUT2D eigenvalue weighted by atomic mass is 32.2. The molecule has 0 radical (unpaired) electrons. The lowest BCUT2D eigenvalue weighted by Gasteiger charge is -2.20. The van der Waals surface area contributed by atoms with E-state index in [2.05, 4.69) is 25.3 Å². The molecular formula is C27H33N7O5S2. The molecule has 7 N–H and O–H groups in total. The Labute approximate surface area is 242 Å². The molecule has 12 nitrogen and oxygen atoms in total. The van der Waals surface area contributed by atoms with Crippen LogP contribution in [0.25, 0.3) is 0 Å². The lowest BCUT2D eigenvalue weighted by atomic mass is 10.1. The van der Waals surface area contributed by atoms with Crippen molar-refractivity contribution in [2.24, 2.45) is 16.5 Å². The fourth-order valence-corrected chi connectivity index (χ4v) is 5.86. The Bertz CT molecular complexity index is 1410. The maximum Gasteiger partial charge on any atom is 0.239 e. The minimum absolute atomic E-state index is 0.0677. The minimum Gasteiger partial charge on any atom is -0.370 e. The summed E-state index contributed by atoms with van der Waals surface area (Å²) >= 11 is 1.14. The predicted molar refractivity (Wildman–Crippen MR) is 157 cm³/mol. The Morgan fingerprint density at radius 2 is 1.61 bits per heavy atom. The van der Waals surface area contributed by atoms with E-state index < -0.39 is 40.5 Å². The van der Waals surface area contributed by atoms with Crippen LogP contribution in [0.15, 0.2) is 77.2 Å². The first kappa shape index (κ1) is 31.4. The Morgan fingerprint density at radius 3 is 2.22 bits per heavy atom. The van der Waals surface area contributed by atoms with Crippen LogP contribution in [0.4, 0.5) is 0 Å². The molecule has 3 rings (SSSR count). The number of nitrogens with zero attached hydrogens (tertiary/aromatic N) is 2. The summed E-state index contributed by atoms with van der Waals surface area (Å²) in [5.74, 6) is -2.08. The molecule has 0 bridgehead atoms. The second kappa shape index (κ2) is 15.6. The van der Waals surface area contributed by atoms with E-state index in [1.54, 1.807) is 60.0 Å². The molecule has 1 heterocycles. The third kappa shape index (κ3) is 11.1. The van der Waals surface area contributed by atoms with Gasteiger partial charge < -0.3 is 22.1 Å². The van der Waals surface area contributed by atoms with E-state index in [9.17, 15) is 22.8 Å². The summed E-state index contributed by atoms with van der Waals surface area (Å²) in [6.45, 7) is -0.207. The summed E-state index contributed by atoms with van der Waals surface area (Å²) in [6, 6.07) is 15.4. The number of guanidine groups is 1. The largest absolute Gasteiger partial charge is 0.370 e. The molecule has 2 atom stereocenters. The van der Waals surface area contributed by atoms with Crippen LogP contribution >= 0.6 is 11.3 Å². The average Bonchev–Trinajstić information content (AvgIpc) is 3.48. The second-order valence-electron chi connectivity index (χ2n) is 9.09. The first-order chi connectivity index (χ1) is 19.6. The van der Waals surface area contributed by atoms with Crippen molar-refractivity contribution in [2.75, 3.05) is 13.1 Å². The number of nitrogens with one attached hydrogen (secondary N) is 3. The van der Waals surface area contributed by atoms with Gasteiger partial charge in [0, 0.05) is 18.1 Å². The Hall–Kier alpha value is -4.14. The average molecular weight is 600 g/mol. The molecule has 0 saturated carbocycles. The quantitative estimate of drug-likeness (QED) is 0.0686. The number of thiazole rings is 1. The molecule has 0 aliphatic rings. The van der Waals surface area contributed by atoms with Crippen LogP contribution in [0.1, 0.15) is 33.8 Å². The number of aliphatic imine (C=N–C) groups is 1. The van der Waals surface area contributed by atoms with E-state index >= 15 is 0 Å². The van der Waals surface area contributed by atoms with Crippen LogP contribution in [0.3, 0.4) is 0 Å². The van der Waals surface area contributed by atoms with Crippen molar-refractivity contribution in [3.8, 4) is 0 Å². The van der Waals surface area contributed by atoms with Gasteiger partial charge in [-0.2, -0.15) is 0 Å². The minimum atomic E-state index is -3.90. The van der Waals surface area contributed by atoms with Gasteiger partial charge in [0.1, 0.15) is 6.04 Å². The van der Waals surface area contributed by atoms with Gasteiger partial charge in [-0.25, -0.2) is 18.1 Å². The number of benzene rings is 2. The molecule has 0 unspecified atom stereocenters. The van der Waals surface area contributed by atoms with E-state index in [1.165, 1.54) is 6.20 Å². The number of sulfonamides is 1. The van der Waals surface area contributed by atoms with Crippen LogP contribution < -0.4 is 26.8 Å². The summed E-state index contributed by atoms with van der Waals surface area (Å²) in [7, 11) is -3.90. The van der Waals surface area contributed by atoms with Gasteiger partial charge in [0.25, 0.3) is 0 Å². The van der Waals surface area contributed by atoms with Crippen LogP contribution in [-0.2, 0) is 31.8 Å². The van der Waals surface area contributed by atoms with Crippen LogP contribution in [0.2, 0.25) is 0 Å². The number of rotatable bonds is 16. The maximum absolute atomic E-state index is 13.1. The van der Waals surface area contributed by atoms with Crippen molar-refractivity contribution in [2.45, 2.75) is 37.1 Å². The summed E-state index contributed by atoms with van der Waals surface area (Å²) in [6.07, 6.45) is 2.21. The molecule has 0 fully saturated rings. The maximum atomic E-state index is 13.1. The number of hydrogen-bond acceptors (Lipinski definition) is 8. The third-order valence-corrected chi connectivity index (χ3v) is 7.93. The van der Waals surface area contributed by atoms with Crippen LogP contribution in [-0.4, -0.2) is 62.1 Å². The molecule has 0 aliphatic heterocycles. The summed E-state index contributed by atoms with van der Waals surface area (Å²) in [4.78, 5) is 46.7. The van der Waals surface area contributed by atoms with Gasteiger partial charge in [-0.15, -0.1) is 11.3 Å². The highest BCUT2D eigenvalue weighted by molar-refractivity contribution is 7.88. The highest BCUT2D eigenvalue weighted by Gasteiger charge is 2.27. The zero-order valence-corrected chi connectivity index (χ0v) is 23.9. The second-order valence-corrected chi connectivity index (χ2v) is 11.7. The number of amides is 2. The monoisotopic (exact) mass is 599 g/mol. The van der Waals surface area contributed by atoms with Gasteiger partial charge in [0.2, 0.25) is 27.6 Å². The molecule has 41 heavy (non-hydrogen) atoms. The van der Waals surface area contributed by atoms with Crippen molar-refractivity contribution in [3.05, 3.63) is 88.4 Å².